The van der Waals surface area contributed by atoms with E-state index in [0.717, 1.165) is 50.6 Å². The van der Waals surface area contributed by atoms with Crippen LogP contribution in [-0.2, 0) is 58.7 Å². The smallest absolute Gasteiger partial charge is 0.123 e. The number of hydrogen-bond acceptors (Lipinski definition) is 6. The van der Waals surface area contributed by atoms with Crippen LogP contribution in [0.1, 0.15) is 158 Å². The molecule has 0 atom stereocenters. The van der Waals surface area contributed by atoms with Crippen molar-refractivity contribution in [3.63, 3.8) is 0 Å². The van der Waals surface area contributed by atoms with E-state index in [4.69, 9.17) is 14.2 Å². The number of methoxy groups -OCH3 is 3. The van der Waals surface area contributed by atoms with Crippen molar-refractivity contribution in [3.8, 4) is 34.5 Å². The first kappa shape index (κ1) is 52.4. The summed E-state index contributed by atoms with van der Waals surface area (Å²) < 4.78 is 16.0. The van der Waals surface area contributed by atoms with Crippen molar-refractivity contribution < 1.29 is 55.7 Å². The summed E-state index contributed by atoms with van der Waals surface area (Å²) in [6.45, 7) is 37.6. The first-order valence-corrected chi connectivity index (χ1v) is 18.0. The molecular formula is C46H75O6Zr-. The van der Waals surface area contributed by atoms with Gasteiger partial charge in [-0.3, -0.25) is 0 Å². The van der Waals surface area contributed by atoms with Gasteiger partial charge in [-0.15, -0.1) is 0 Å². The number of ether oxygens (including phenoxy) is 3. The zero-order chi connectivity index (χ0) is 40.3. The molecule has 0 radical (unpaired) electrons. The summed E-state index contributed by atoms with van der Waals surface area (Å²) in [6.07, 6.45) is 0. The van der Waals surface area contributed by atoms with Crippen molar-refractivity contribution in [2.75, 3.05) is 21.3 Å². The van der Waals surface area contributed by atoms with E-state index in [9.17, 15) is 15.3 Å². The van der Waals surface area contributed by atoms with E-state index >= 15 is 0 Å². The number of phenolic OH excluding ortho intramolecular Hbond substituents is 3. The quantitative estimate of drug-likeness (QED) is 0.228. The third kappa shape index (κ3) is 14.5. The Hall–Kier alpha value is -2.66. The fraction of sp³-hybridized carbons (Fsp3) is 0.587. The number of aromatic hydroxyl groups is 3. The van der Waals surface area contributed by atoms with Gasteiger partial charge in [0.15, 0.2) is 0 Å². The number of rotatable bonds is 3. The summed E-state index contributed by atoms with van der Waals surface area (Å²) in [7, 11) is 4.97. The second-order valence-corrected chi connectivity index (χ2v) is 19.7. The minimum Gasteiger partial charge on any atom is -0.507 e. The minimum atomic E-state index is -0.0986. The second kappa shape index (κ2) is 18.8. The molecule has 7 heteroatoms. The molecule has 3 aromatic rings. The van der Waals surface area contributed by atoms with Gasteiger partial charge in [0.05, 0.1) is 21.3 Å². The van der Waals surface area contributed by atoms with Crippen LogP contribution in [0.4, 0.5) is 0 Å². The van der Waals surface area contributed by atoms with Crippen LogP contribution in [0.2, 0.25) is 0 Å². The fourth-order valence-electron chi connectivity index (χ4n) is 5.61. The Morgan fingerprint density at radius 1 is 0.321 bits per heavy atom. The fourth-order valence-corrected chi connectivity index (χ4v) is 5.61. The molecule has 0 aliphatic carbocycles. The van der Waals surface area contributed by atoms with Crippen LogP contribution in [0.3, 0.4) is 0 Å². The normalized spacial score (nSPS) is 12.2. The van der Waals surface area contributed by atoms with Crippen LogP contribution in [0.25, 0.3) is 0 Å². The molecule has 0 heterocycles. The van der Waals surface area contributed by atoms with Crippen molar-refractivity contribution in [2.24, 2.45) is 0 Å². The summed E-state index contributed by atoms with van der Waals surface area (Å²) >= 11 is 0. The van der Waals surface area contributed by atoms with Crippen molar-refractivity contribution in [2.45, 2.75) is 157 Å². The largest absolute Gasteiger partial charge is 0.507 e. The zero-order valence-corrected chi connectivity index (χ0v) is 40.0. The van der Waals surface area contributed by atoms with Gasteiger partial charge in [-0.05, 0) is 68.9 Å². The molecule has 0 spiro atoms. The summed E-state index contributed by atoms with van der Waals surface area (Å²) in [5, 5.41) is 31.3. The molecule has 0 amide bonds. The van der Waals surface area contributed by atoms with E-state index < -0.39 is 0 Å². The van der Waals surface area contributed by atoms with Gasteiger partial charge >= 0.3 is 0 Å². The molecule has 3 N–H and O–H groups in total. The van der Waals surface area contributed by atoms with Crippen LogP contribution in [0.15, 0.2) is 36.4 Å². The van der Waals surface area contributed by atoms with Crippen molar-refractivity contribution in [1.29, 1.82) is 0 Å². The summed E-state index contributed by atoms with van der Waals surface area (Å²) in [6, 6.07) is 11.5. The van der Waals surface area contributed by atoms with Crippen LogP contribution >= 0.6 is 0 Å². The Kier molecular flexibility index (Phi) is 18.6. The SMILES string of the molecule is COc1cc(C(C)(C)C)c(O)c(C(C)(C)C)c1.COc1cc(C(C)(C)C)c(O)c(C(C)(C)C)c1.COc1cc(C(C)(C)C)c(O)c(C(C)(C)C)c1.[CH3-].[Zr]. The number of phenols is 3. The average molecular weight is 815 g/mol. The molecule has 53 heavy (non-hydrogen) atoms. The van der Waals surface area contributed by atoms with Crippen molar-refractivity contribution >= 4 is 0 Å². The predicted octanol–water partition coefficient (Wildman–Crippen LogP) is 12.4. The molecule has 0 fully saturated rings. The zero-order valence-electron chi connectivity index (χ0n) is 37.5. The Bertz CT molecular complexity index is 1310. The Balaban J connectivity index is 0. The van der Waals surface area contributed by atoms with Crippen LogP contribution in [-0.4, -0.2) is 36.6 Å². The molecule has 300 valence electrons. The third-order valence-corrected chi connectivity index (χ3v) is 8.81. The van der Waals surface area contributed by atoms with Crippen LogP contribution in [0, 0.1) is 7.43 Å². The molecule has 6 nitrogen and oxygen atoms in total. The van der Waals surface area contributed by atoms with Gasteiger partial charge in [-0.1, -0.05) is 125 Å². The maximum atomic E-state index is 10.4. The van der Waals surface area contributed by atoms with Gasteiger partial charge in [0.25, 0.3) is 0 Å². The van der Waals surface area contributed by atoms with Gasteiger partial charge in [0, 0.05) is 59.6 Å². The summed E-state index contributed by atoms with van der Waals surface area (Å²) in [5.41, 5.74) is 5.00. The van der Waals surface area contributed by atoms with Gasteiger partial charge in [-0.25, -0.2) is 0 Å². The first-order chi connectivity index (χ1) is 22.7. The third-order valence-electron chi connectivity index (χ3n) is 8.81. The average Bonchev–Trinajstić information content (AvgIpc) is 2.94. The van der Waals surface area contributed by atoms with Crippen LogP contribution in [0.5, 0.6) is 34.5 Å². The number of benzene rings is 3. The second-order valence-electron chi connectivity index (χ2n) is 19.7. The summed E-state index contributed by atoms with van der Waals surface area (Å²) in [5.74, 6) is 3.59. The molecule has 0 saturated heterocycles. The van der Waals surface area contributed by atoms with E-state index in [1.165, 1.54) is 0 Å². The molecule has 3 aromatic carbocycles. The predicted molar refractivity (Wildman–Crippen MR) is 223 cm³/mol. The monoisotopic (exact) mass is 813 g/mol. The molecule has 0 aliphatic rings. The Labute approximate surface area is 344 Å². The molecule has 0 saturated carbocycles. The van der Waals surface area contributed by atoms with Crippen molar-refractivity contribution in [3.05, 3.63) is 77.2 Å². The molecular weight excluding hydrogens is 740 g/mol. The topological polar surface area (TPSA) is 88.4 Å². The molecule has 0 bridgehead atoms. The maximum Gasteiger partial charge on any atom is 0.123 e. The minimum absolute atomic E-state index is 0. The molecule has 0 aromatic heterocycles. The Morgan fingerprint density at radius 3 is 0.509 bits per heavy atom. The standard InChI is InChI=1S/3C15H24O2.CH3.Zr/c3*1-14(2,3)11-8-10(17-7)9-12(13(11)16)15(4,5)6;;/h3*8-9,16H,1-7H3;1H3;/q;;;-1;. The Morgan fingerprint density at radius 2 is 0.434 bits per heavy atom. The van der Waals surface area contributed by atoms with E-state index in [1.807, 2.05) is 36.4 Å². The molecule has 3 rings (SSSR count). The van der Waals surface area contributed by atoms with Crippen LogP contribution < -0.4 is 14.2 Å². The first-order valence-electron chi connectivity index (χ1n) is 18.0. The van der Waals surface area contributed by atoms with Gasteiger partial charge < -0.3 is 37.0 Å². The van der Waals surface area contributed by atoms with Gasteiger partial charge in [0.2, 0.25) is 0 Å². The van der Waals surface area contributed by atoms with E-state index in [2.05, 4.69) is 125 Å². The van der Waals surface area contributed by atoms with Gasteiger partial charge in [0.1, 0.15) is 34.5 Å². The van der Waals surface area contributed by atoms with Gasteiger partial charge in [-0.2, -0.15) is 0 Å². The van der Waals surface area contributed by atoms with E-state index in [-0.39, 0.29) is 66.1 Å². The number of hydrogen-bond donors (Lipinski definition) is 3. The molecule has 0 aliphatic heterocycles. The van der Waals surface area contributed by atoms with E-state index in [1.54, 1.807) is 21.3 Å². The summed E-state index contributed by atoms with van der Waals surface area (Å²) in [4.78, 5) is 0. The maximum absolute atomic E-state index is 10.4. The van der Waals surface area contributed by atoms with Crippen molar-refractivity contribution in [1.82, 2.24) is 0 Å². The van der Waals surface area contributed by atoms with E-state index in [0.29, 0.717) is 17.2 Å². The molecule has 0 unspecified atom stereocenters.